The van der Waals surface area contributed by atoms with E-state index >= 15 is 0 Å². The number of aromatic nitrogens is 1. The molecule has 3 atom stereocenters. The Morgan fingerprint density at radius 1 is 1.20 bits per heavy atom. The molecule has 1 fully saturated rings. The zero-order valence-corrected chi connectivity index (χ0v) is 19.3. The summed E-state index contributed by atoms with van der Waals surface area (Å²) < 4.78 is 25.4. The van der Waals surface area contributed by atoms with Gasteiger partial charge in [-0.3, -0.25) is 14.5 Å². The summed E-state index contributed by atoms with van der Waals surface area (Å²) in [5.41, 5.74) is 4.47. The van der Waals surface area contributed by atoms with Crippen molar-refractivity contribution < 1.29 is 13.2 Å². The Morgan fingerprint density at radius 3 is 2.43 bits per heavy atom. The number of nitrogens with zero attached hydrogens (tertiary/aromatic N) is 1. The summed E-state index contributed by atoms with van der Waals surface area (Å²) in [6, 6.07) is 9.46. The largest absolute Gasteiger partial charge is 0.349 e. The van der Waals surface area contributed by atoms with Gasteiger partial charge in [0.15, 0.2) is 0 Å². The number of carbonyl (C=O) groups excluding carboxylic acids is 1. The molecule has 3 unspecified atom stereocenters. The average molecular weight is 430 g/mol. The predicted octanol–water partition coefficient (Wildman–Crippen LogP) is 4.04. The quantitative estimate of drug-likeness (QED) is 0.725. The highest BCUT2D eigenvalue weighted by atomic mass is 32.2. The van der Waals surface area contributed by atoms with Gasteiger partial charge in [-0.1, -0.05) is 39.0 Å². The smallest absolute Gasteiger partial charge is 0.229 e. The maximum absolute atomic E-state index is 12.7. The fourth-order valence-corrected chi connectivity index (χ4v) is 4.22. The minimum absolute atomic E-state index is 0.0127. The highest BCUT2D eigenvalue weighted by Crippen LogP contribution is 2.47. The van der Waals surface area contributed by atoms with Crippen LogP contribution < -0.4 is 10.0 Å². The van der Waals surface area contributed by atoms with Gasteiger partial charge < -0.3 is 5.32 Å². The predicted molar refractivity (Wildman–Crippen MR) is 120 cm³/mol. The van der Waals surface area contributed by atoms with Gasteiger partial charge in [0.05, 0.1) is 18.0 Å². The van der Waals surface area contributed by atoms with Crippen LogP contribution in [0, 0.1) is 12.8 Å². The molecule has 2 N–H and O–H groups in total. The summed E-state index contributed by atoms with van der Waals surface area (Å²) in [6.45, 7) is 10.2. The maximum Gasteiger partial charge on any atom is 0.229 e. The molecule has 1 aromatic carbocycles. The van der Waals surface area contributed by atoms with Crippen LogP contribution in [0.15, 0.2) is 36.5 Å². The number of hydrogen-bond acceptors (Lipinski definition) is 4. The Balaban J connectivity index is 1.61. The number of amides is 1. The zero-order valence-electron chi connectivity index (χ0n) is 18.5. The van der Waals surface area contributed by atoms with Gasteiger partial charge in [-0.25, -0.2) is 8.42 Å². The maximum atomic E-state index is 12.7. The first-order valence-electron chi connectivity index (χ1n) is 10.2. The first-order chi connectivity index (χ1) is 13.8. The molecule has 1 heterocycles. The molecule has 7 heteroatoms. The van der Waals surface area contributed by atoms with Crippen molar-refractivity contribution >= 4 is 21.6 Å². The van der Waals surface area contributed by atoms with Crippen molar-refractivity contribution in [3.05, 3.63) is 58.9 Å². The Bertz CT molecular complexity index is 1040. The first-order valence-corrected chi connectivity index (χ1v) is 12.1. The lowest BCUT2D eigenvalue weighted by molar-refractivity contribution is -0.123. The highest BCUT2D eigenvalue weighted by molar-refractivity contribution is 7.92. The van der Waals surface area contributed by atoms with Crippen molar-refractivity contribution in [3.63, 3.8) is 0 Å². The summed E-state index contributed by atoms with van der Waals surface area (Å²) in [7, 11) is -3.32. The third kappa shape index (κ3) is 5.39. The van der Waals surface area contributed by atoms with Crippen molar-refractivity contribution in [2.45, 2.75) is 58.4 Å². The normalized spacial score (nSPS) is 19.8. The number of hydrogen-bond donors (Lipinski definition) is 2. The zero-order chi connectivity index (χ0) is 22.3. The van der Waals surface area contributed by atoms with Crippen molar-refractivity contribution in [2.75, 3.05) is 11.0 Å². The van der Waals surface area contributed by atoms with E-state index in [9.17, 15) is 13.2 Å². The molecule has 0 bridgehead atoms. The monoisotopic (exact) mass is 429 g/mol. The molecule has 1 aliphatic carbocycles. The molecule has 6 nitrogen and oxygen atoms in total. The van der Waals surface area contributed by atoms with E-state index < -0.39 is 10.0 Å². The lowest BCUT2D eigenvalue weighted by atomic mass is 9.91. The van der Waals surface area contributed by atoms with Crippen LogP contribution in [-0.2, 0) is 20.2 Å². The van der Waals surface area contributed by atoms with Gasteiger partial charge >= 0.3 is 0 Å². The van der Waals surface area contributed by atoms with Crippen LogP contribution in [-0.4, -0.2) is 25.6 Å². The van der Waals surface area contributed by atoms with Gasteiger partial charge in [-0.05, 0) is 55.0 Å². The summed E-state index contributed by atoms with van der Waals surface area (Å²) in [5, 5.41) is 3.09. The number of pyridine rings is 1. The third-order valence-electron chi connectivity index (χ3n) is 5.51. The molecule has 0 spiro atoms. The number of aryl methyl sites for hydroxylation is 1. The number of benzene rings is 1. The minimum atomic E-state index is -3.32. The van der Waals surface area contributed by atoms with Crippen molar-refractivity contribution in [3.8, 4) is 0 Å². The Labute approximate surface area is 179 Å². The van der Waals surface area contributed by atoms with Crippen molar-refractivity contribution in [2.24, 2.45) is 5.92 Å². The molecule has 2 aromatic rings. The average Bonchev–Trinajstić information content (AvgIpc) is 3.42. The standard InChI is InChI=1S/C23H31N3O3S/c1-14-11-16(7-9-20(14)26-30(6,28)29)15(2)25-22(27)19-12-18(19)17-8-10-21(24-13-17)23(3,4)5/h7-11,13,15,18-19,26H,12H2,1-6H3,(H,25,27). The summed E-state index contributed by atoms with van der Waals surface area (Å²) >= 11 is 0. The summed E-state index contributed by atoms with van der Waals surface area (Å²) in [5.74, 6) is 0.243. The molecule has 3 rings (SSSR count). The number of carbonyl (C=O) groups is 1. The van der Waals surface area contributed by atoms with Crippen LogP contribution in [0.25, 0.3) is 0 Å². The molecule has 30 heavy (non-hydrogen) atoms. The molecule has 1 amide bonds. The lowest BCUT2D eigenvalue weighted by Crippen LogP contribution is -2.28. The summed E-state index contributed by atoms with van der Waals surface area (Å²) in [6.07, 6.45) is 3.87. The van der Waals surface area contributed by atoms with Crippen molar-refractivity contribution in [1.29, 1.82) is 0 Å². The van der Waals surface area contributed by atoms with Gasteiger partial charge in [-0.2, -0.15) is 0 Å². The highest BCUT2D eigenvalue weighted by Gasteiger charge is 2.44. The number of rotatable bonds is 6. The fraction of sp³-hybridized carbons (Fsp3) is 0.478. The molecule has 0 saturated heterocycles. The second-order valence-corrected chi connectivity index (χ2v) is 11.1. The minimum Gasteiger partial charge on any atom is -0.349 e. The van der Waals surface area contributed by atoms with Crippen LogP contribution >= 0.6 is 0 Å². The third-order valence-corrected chi connectivity index (χ3v) is 6.11. The van der Waals surface area contributed by atoms with Crippen LogP contribution in [0.4, 0.5) is 5.69 Å². The molecule has 1 saturated carbocycles. The van der Waals surface area contributed by atoms with E-state index in [-0.39, 0.29) is 29.2 Å². The van der Waals surface area contributed by atoms with Crippen LogP contribution in [0.5, 0.6) is 0 Å². The van der Waals surface area contributed by atoms with Gasteiger partial charge in [0.1, 0.15) is 0 Å². The van der Waals surface area contributed by atoms with Gasteiger partial charge in [0.2, 0.25) is 15.9 Å². The van der Waals surface area contributed by atoms with Gasteiger partial charge in [-0.15, -0.1) is 0 Å². The Hall–Kier alpha value is -2.41. The van der Waals surface area contributed by atoms with E-state index in [1.807, 2.05) is 32.2 Å². The number of sulfonamides is 1. The van der Waals surface area contributed by atoms with Crippen LogP contribution in [0.2, 0.25) is 0 Å². The Kier molecular flexibility index (Phi) is 5.96. The topological polar surface area (TPSA) is 88.2 Å². The molecule has 0 radical (unpaired) electrons. The SMILES string of the molecule is Cc1cc(C(C)NC(=O)C2CC2c2ccc(C(C)(C)C)nc2)ccc1NS(C)(=O)=O. The molecule has 0 aliphatic heterocycles. The van der Waals surface area contributed by atoms with E-state index in [4.69, 9.17) is 0 Å². The van der Waals surface area contributed by atoms with E-state index in [0.29, 0.717) is 5.69 Å². The van der Waals surface area contributed by atoms with E-state index in [1.54, 1.807) is 6.07 Å². The second kappa shape index (κ2) is 8.02. The molecule has 162 valence electrons. The number of nitrogens with one attached hydrogen (secondary N) is 2. The summed E-state index contributed by atoms with van der Waals surface area (Å²) in [4.78, 5) is 17.3. The second-order valence-electron chi connectivity index (χ2n) is 9.35. The number of anilines is 1. The van der Waals surface area contributed by atoms with Gasteiger partial charge in [0, 0.05) is 23.2 Å². The lowest BCUT2D eigenvalue weighted by Gasteiger charge is -2.18. The molecular weight excluding hydrogens is 398 g/mol. The molecule has 1 aliphatic rings. The van der Waals surface area contributed by atoms with E-state index in [2.05, 4.69) is 47.9 Å². The van der Waals surface area contributed by atoms with E-state index in [0.717, 1.165) is 35.1 Å². The van der Waals surface area contributed by atoms with E-state index in [1.165, 1.54) is 0 Å². The van der Waals surface area contributed by atoms with Crippen molar-refractivity contribution in [1.82, 2.24) is 10.3 Å². The van der Waals surface area contributed by atoms with Gasteiger partial charge in [0.25, 0.3) is 0 Å². The Morgan fingerprint density at radius 2 is 1.90 bits per heavy atom. The fourth-order valence-electron chi connectivity index (χ4n) is 3.60. The first kappa shape index (κ1) is 22.3. The van der Waals surface area contributed by atoms with Crippen LogP contribution in [0.3, 0.4) is 0 Å². The molecule has 1 aromatic heterocycles. The molecular formula is C23H31N3O3S. The van der Waals surface area contributed by atoms with Crippen LogP contribution in [0.1, 0.15) is 68.5 Å².